The van der Waals surface area contributed by atoms with E-state index in [0.29, 0.717) is 35.1 Å². The van der Waals surface area contributed by atoms with Crippen LogP contribution in [0.25, 0.3) is 0 Å². The van der Waals surface area contributed by atoms with E-state index < -0.39 is 0 Å². The van der Waals surface area contributed by atoms with Crippen molar-refractivity contribution < 1.29 is 4.79 Å². The number of nitrogens with zero attached hydrogens (tertiary/aromatic N) is 1. The predicted molar refractivity (Wildman–Crippen MR) is 242 cm³/mol. The number of rotatable bonds is 19. The first kappa shape index (κ1) is 53.4. The summed E-state index contributed by atoms with van der Waals surface area (Å²) >= 11 is 0. The normalized spacial score (nSPS) is 20.5. The van der Waals surface area contributed by atoms with Crippen LogP contribution in [0, 0.1) is 34.5 Å². The number of unbranched alkanes of at least 4 members (excludes halogenated alkanes) is 1. The van der Waals surface area contributed by atoms with Crippen LogP contribution in [0.5, 0.6) is 0 Å². The lowest BCUT2D eigenvalue weighted by Gasteiger charge is -2.41. The van der Waals surface area contributed by atoms with Gasteiger partial charge in [-0.05, 0) is 79.6 Å². The lowest BCUT2D eigenvalue weighted by Crippen LogP contribution is -2.48. The van der Waals surface area contributed by atoms with Crippen LogP contribution in [-0.4, -0.2) is 48.9 Å². The van der Waals surface area contributed by atoms with Gasteiger partial charge in [0.15, 0.2) is 0 Å². The van der Waals surface area contributed by atoms with Gasteiger partial charge in [-0.2, -0.15) is 0 Å². The maximum atomic E-state index is 8.81. The van der Waals surface area contributed by atoms with Crippen molar-refractivity contribution in [3.8, 4) is 0 Å². The van der Waals surface area contributed by atoms with E-state index in [-0.39, 0.29) is 18.1 Å². The van der Waals surface area contributed by atoms with Gasteiger partial charge in [0.1, 0.15) is 6.29 Å². The molecule has 5 atom stereocenters. The number of carbonyl (C=O) groups is 1. The van der Waals surface area contributed by atoms with E-state index in [0.717, 1.165) is 79.3 Å². The van der Waals surface area contributed by atoms with Crippen molar-refractivity contribution in [3.63, 3.8) is 0 Å². The molecule has 0 aromatic carbocycles. The van der Waals surface area contributed by atoms with Gasteiger partial charge in [0.2, 0.25) is 0 Å². The Labute approximate surface area is 337 Å². The Balaban J connectivity index is 0. The number of hydrogen-bond acceptors (Lipinski definition) is 6. The molecule has 0 aromatic rings. The first-order valence-corrected chi connectivity index (χ1v) is 21.6. The Morgan fingerprint density at radius 3 is 1.94 bits per heavy atom. The number of piperidine rings is 1. The Bertz CT molecular complexity index is 1130. The SMILES string of the molecule is C=C(CC)NCC.C=CCNC(=C)C(=C)C(CCCC)NC(=C)C1[C@@H]2[C@H](CN1C(=C)C(N)C1CCCCC1)C2(C)C.CC.CC=O.CCC(C)(C)C(C)C. The van der Waals surface area contributed by atoms with Gasteiger partial charge in [0.25, 0.3) is 0 Å². The summed E-state index contributed by atoms with van der Waals surface area (Å²) < 4.78 is 0. The second kappa shape index (κ2) is 27.8. The Morgan fingerprint density at radius 1 is 0.981 bits per heavy atom. The molecule has 0 spiro atoms. The van der Waals surface area contributed by atoms with Gasteiger partial charge in [-0.25, -0.2) is 0 Å². The molecule has 3 aliphatic rings. The highest BCUT2D eigenvalue weighted by molar-refractivity contribution is 5.44. The molecule has 6 heteroatoms. The molecular weight excluding hydrogens is 663 g/mol. The predicted octanol–water partition coefficient (Wildman–Crippen LogP) is 11.7. The summed E-state index contributed by atoms with van der Waals surface area (Å²) in [6.07, 6.45) is 14.6. The molecule has 0 aromatic heterocycles. The average Bonchev–Trinajstić information content (AvgIpc) is 3.46. The number of fused-ring (bicyclic) bond motifs is 1. The zero-order chi connectivity index (χ0) is 42.2. The number of hydrogen-bond donors (Lipinski definition) is 4. The molecule has 0 amide bonds. The zero-order valence-electron chi connectivity index (χ0n) is 38.1. The summed E-state index contributed by atoms with van der Waals surface area (Å²) in [6, 6.07) is 0.388. The standard InChI is InChI=1S/C30H50N4.C8H18.C6H13N.C2H4O.C2H6/c1-9-11-17-26(20(3)21(4)32-18-10-2)33-22(5)29-27-25(30(27,7)8)19-34(29)23(6)28(31)24-15-13-12-14-16-24;1-6-8(4,5)7(2)3;1-4-6(3)7-5-2;1-2-3;1-2/h10,24-29,32-33H,2-6,9,11-19,31H2,1,7-8H3;7H,6H2,1-5H3;7H,3-5H2,1-2H3;2H,1H3;1-2H3/t25-,26?,27-,28?,29?;;;;/m0..../s1. The minimum Gasteiger partial charge on any atom is -0.389 e. The maximum absolute atomic E-state index is 8.81. The average molecular weight is 754 g/mol. The van der Waals surface area contributed by atoms with Gasteiger partial charge < -0.3 is 31.4 Å². The number of likely N-dealkylation sites (tertiary alicyclic amines) is 1. The number of carbonyl (C=O) groups excluding carboxylic acids is 1. The fraction of sp³-hybridized carbons (Fsp3) is 0.729. The monoisotopic (exact) mass is 754 g/mol. The molecule has 2 saturated carbocycles. The van der Waals surface area contributed by atoms with Gasteiger partial charge in [-0.3, -0.25) is 0 Å². The third-order valence-electron chi connectivity index (χ3n) is 12.3. The molecule has 1 saturated heterocycles. The minimum absolute atomic E-state index is 0.0462. The Hall–Kier alpha value is -2.73. The van der Waals surface area contributed by atoms with E-state index in [9.17, 15) is 0 Å². The van der Waals surface area contributed by atoms with Gasteiger partial charge in [-0.1, -0.05) is 154 Å². The third-order valence-corrected chi connectivity index (χ3v) is 12.3. The van der Waals surface area contributed by atoms with E-state index in [1.807, 2.05) is 19.9 Å². The molecule has 5 N–H and O–H groups in total. The highest BCUT2D eigenvalue weighted by Crippen LogP contribution is 2.66. The lowest BCUT2D eigenvalue weighted by atomic mass is 9.79. The van der Waals surface area contributed by atoms with E-state index in [1.165, 1.54) is 45.4 Å². The van der Waals surface area contributed by atoms with E-state index in [4.69, 9.17) is 10.5 Å². The van der Waals surface area contributed by atoms with Crippen LogP contribution >= 0.6 is 0 Å². The zero-order valence-corrected chi connectivity index (χ0v) is 38.1. The Morgan fingerprint density at radius 2 is 1.54 bits per heavy atom. The van der Waals surface area contributed by atoms with Crippen LogP contribution in [0.4, 0.5) is 0 Å². The topological polar surface area (TPSA) is 82.4 Å². The van der Waals surface area contributed by atoms with E-state index in [2.05, 4.69) is 130 Å². The van der Waals surface area contributed by atoms with Crippen LogP contribution in [0.15, 0.2) is 73.9 Å². The number of nitrogens with two attached hydrogens (primary N) is 1. The molecular formula is C48H91N5O. The molecule has 54 heavy (non-hydrogen) atoms. The lowest BCUT2D eigenvalue weighted by molar-refractivity contribution is -0.106. The van der Waals surface area contributed by atoms with E-state index in [1.54, 1.807) is 0 Å². The fourth-order valence-electron chi connectivity index (χ4n) is 7.29. The van der Waals surface area contributed by atoms with Crippen molar-refractivity contribution in [2.45, 2.75) is 172 Å². The fourth-order valence-corrected chi connectivity index (χ4v) is 7.29. The number of allylic oxidation sites excluding steroid dienone is 1. The van der Waals surface area contributed by atoms with Gasteiger partial charge in [0, 0.05) is 48.5 Å². The highest BCUT2D eigenvalue weighted by atomic mass is 16.1. The molecule has 3 unspecified atom stereocenters. The summed E-state index contributed by atoms with van der Waals surface area (Å²) in [5.41, 5.74) is 12.9. The van der Waals surface area contributed by atoms with Gasteiger partial charge in [0.05, 0.1) is 12.1 Å². The summed E-state index contributed by atoms with van der Waals surface area (Å²) in [5, 5.41) is 10.2. The largest absolute Gasteiger partial charge is 0.389 e. The second-order valence-electron chi connectivity index (χ2n) is 16.7. The molecule has 2 aliphatic carbocycles. The Kier molecular flexibility index (Phi) is 27.5. The van der Waals surface area contributed by atoms with Crippen molar-refractivity contribution in [2.75, 3.05) is 19.6 Å². The highest BCUT2D eigenvalue weighted by Gasteiger charge is 2.67. The molecule has 0 bridgehead atoms. The van der Waals surface area contributed by atoms with E-state index >= 15 is 0 Å². The summed E-state index contributed by atoms with van der Waals surface area (Å²) in [4.78, 5) is 11.3. The van der Waals surface area contributed by atoms with Crippen molar-refractivity contribution >= 4 is 6.29 Å². The number of nitrogens with one attached hydrogen (secondary N) is 3. The van der Waals surface area contributed by atoms with Crippen LogP contribution in [0.3, 0.4) is 0 Å². The summed E-state index contributed by atoms with van der Waals surface area (Å²) in [7, 11) is 0. The number of aldehydes is 1. The quantitative estimate of drug-likeness (QED) is 0.0597. The molecule has 314 valence electrons. The van der Waals surface area contributed by atoms with Crippen molar-refractivity contribution in [2.24, 2.45) is 40.2 Å². The molecule has 1 heterocycles. The van der Waals surface area contributed by atoms with Crippen LogP contribution in [-0.2, 0) is 4.79 Å². The third kappa shape index (κ3) is 17.4. The molecule has 3 rings (SSSR count). The van der Waals surface area contributed by atoms with Gasteiger partial charge in [-0.15, -0.1) is 6.58 Å². The molecule has 6 nitrogen and oxygen atoms in total. The smallest absolute Gasteiger partial charge is 0.116 e. The summed E-state index contributed by atoms with van der Waals surface area (Å²) in [6.45, 7) is 56.1. The minimum atomic E-state index is 0.0462. The molecule has 1 aliphatic heterocycles. The molecule has 0 radical (unpaired) electrons. The summed E-state index contributed by atoms with van der Waals surface area (Å²) in [5.74, 6) is 2.63. The molecule has 3 fully saturated rings. The van der Waals surface area contributed by atoms with Crippen LogP contribution in [0.2, 0.25) is 0 Å². The maximum Gasteiger partial charge on any atom is 0.116 e. The van der Waals surface area contributed by atoms with Crippen LogP contribution < -0.4 is 21.7 Å². The van der Waals surface area contributed by atoms with Crippen molar-refractivity contribution in [1.82, 2.24) is 20.9 Å². The first-order chi connectivity index (χ1) is 25.4. The second-order valence-corrected chi connectivity index (χ2v) is 16.7. The first-order valence-electron chi connectivity index (χ1n) is 21.6. The van der Waals surface area contributed by atoms with Crippen molar-refractivity contribution in [1.29, 1.82) is 0 Å². The van der Waals surface area contributed by atoms with Crippen molar-refractivity contribution in [3.05, 3.63) is 73.9 Å². The van der Waals surface area contributed by atoms with Crippen LogP contribution in [0.1, 0.15) is 154 Å². The van der Waals surface area contributed by atoms with Gasteiger partial charge >= 0.3 is 0 Å².